The van der Waals surface area contributed by atoms with Crippen LogP contribution < -0.4 is 16.5 Å². The van der Waals surface area contributed by atoms with Gasteiger partial charge >= 0.3 is 0 Å². The van der Waals surface area contributed by atoms with Gasteiger partial charge in [-0.05, 0) is 37.3 Å². The van der Waals surface area contributed by atoms with Gasteiger partial charge in [-0.25, -0.2) is 0 Å². The molecule has 5 heteroatoms. The average molecular weight is 222 g/mol. The Labute approximate surface area is 94.6 Å². The van der Waals surface area contributed by atoms with Gasteiger partial charge in [-0.3, -0.25) is 5.43 Å². The van der Waals surface area contributed by atoms with Crippen LogP contribution in [-0.2, 0) is 0 Å². The van der Waals surface area contributed by atoms with E-state index in [1.54, 1.807) is 6.21 Å². The number of hydrazone groups is 1. The molecule has 0 aliphatic rings. The highest BCUT2D eigenvalue weighted by molar-refractivity contribution is 7.80. The second-order valence-electron chi connectivity index (χ2n) is 2.82. The minimum absolute atomic E-state index is 0.467. The SMILES string of the molecule is NCC/C=N/NC(=S)Nc1ccccc1. The van der Waals surface area contributed by atoms with Crippen molar-refractivity contribution >= 4 is 29.2 Å². The molecule has 1 aromatic carbocycles. The summed E-state index contributed by atoms with van der Waals surface area (Å²) in [5, 5.41) is 7.36. The van der Waals surface area contributed by atoms with Gasteiger partial charge in [0.15, 0.2) is 5.11 Å². The van der Waals surface area contributed by atoms with E-state index in [0.717, 1.165) is 12.1 Å². The van der Waals surface area contributed by atoms with Crippen LogP contribution in [0.3, 0.4) is 0 Å². The molecular weight excluding hydrogens is 208 g/mol. The number of hydrogen-bond donors (Lipinski definition) is 3. The van der Waals surface area contributed by atoms with E-state index in [1.165, 1.54) is 0 Å². The number of hydrogen-bond acceptors (Lipinski definition) is 3. The quantitative estimate of drug-likeness (QED) is 0.408. The Morgan fingerprint density at radius 3 is 2.80 bits per heavy atom. The molecule has 0 spiro atoms. The van der Waals surface area contributed by atoms with Crippen LogP contribution in [-0.4, -0.2) is 17.9 Å². The first kappa shape index (κ1) is 11.6. The van der Waals surface area contributed by atoms with E-state index in [2.05, 4.69) is 15.8 Å². The predicted octanol–water partition coefficient (Wildman–Crippen LogP) is 1.31. The first-order chi connectivity index (χ1) is 7.33. The van der Waals surface area contributed by atoms with Crippen LogP contribution in [0.15, 0.2) is 35.4 Å². The Bertz CT molecular complexity index is 323. The first-order valence-corrected chi connectivity index (χ1v) is 5.07. The van der Waals surface area contributed by atoms with Crippen LogP contribution in [0.5, 0.6) is 0 Å². The molecule has 0 radical (unpaired) electrons. The van der Waals surface area contributed by atoms with Gasteiger partial charge in [0.2, 0.25) is 0 Å². The molecule has 0 saturated heterocycles. The summed E-state index contributed by atoms with van der Waals surface area (Å²) in [5.41, 5.74) is 8.94. The lowest BCUT2D eigenvalue weighted by atomic mass is 10.3. The van der Waals surface area contributed by atoms with E-state index < -0.39 is 0 Å². The highest BCUT2D eigenvalue weighted by atomic mass is 32.1. The molecule has 4 N–H and O–H groups in total. The second kappa shape index (κ2) is 6.92. The summed E-state index contributed by atoms with van der Waals surface area (Å²) in [7, 11) is 0. The standard InChI is InChI=1S/C10H14N4S/c11-7-4-8-12-14-10(15)13-9-5-2-1-3-6-9/h1-3,5-6,8H,4,7,11H2,(H2,13,14,15)/b12-8+. The molecule has 0 aliphatic carbocycles. The van der Waals surface area contributed by atoms with Crippen molar-refractivity contribution in [2.75, 3.05) is 11.9 Å². The summed E-state index contributed by atoms with van der Waals surface area (Å²) in [5.74, 6) is 0. The van der Waals surface area contributed by atoms with Gasteiger partial charge in [-0.15, -0.1) is 0 Å². The molecule has 0 atom stereocenters. The number of nitrogens with two attached hydrogens (primary N) is 1. The van der Waals surface area contributed by atoms with E-state index >= 15 is 0 Å². The fourth-order valence-electron chi connectivity index (χ4n) is 0.924. The van der Waals surface area contributed by atoms with Crippen molar-refractivity contribution in [3.8, 4) is 0 Å². The van der Waals surface area contributed by atoms with Crippen LogP contribution in [0, 0.1) is 0 Å². The smallest absolute Gasteiger partial charge is 0.191 e. The second-order valence-corrected chi connectivity index (χ2v) is 3.23. The molecule has 80 valence electrons. The highest BCUT2D eigenvalue weighted by Crippen LogP contribution is 2.03. The summed E-state index contributed by atoms with van der Waals surface area (Å²) in [6.07, 6.45) is 2.43. The molecule has 0 amide bonds. The minimum atomic E-state index is 0.467. The Morgan fingerprint density at radius 1 is 1.40 bits per heavy atom. The summed E-state index contributed by atoms with van der Waals surface area (Å²) in [6, 6.07) is 9.67. The van der Waals surface area contributed by atoms with Crippen LogP contribution in [0.2, 0.25) is 0 Å². The van der Waals surface area contributed by atoms with Crippen molar-refractivity contribution in [2.24, 2.45) is 10.8 Å². The van der Waals surface area contributed by atoms with E-state index in [4.69, 9.17) is 18.0 Å². The molecule has 0 bridgehead atoms. The van der Waals surface area contributed by atoms with Crippen molar-refractivity contribution in [3.63, 3.8) is 0 Å². The normalized spacial score (nSPS) is 10.2. The summed E-state index contributed by atoms with van der Waals surface area (Å²) in [4.78, 5) is 0. The van der Waals surface area contributed by atoms with Crippen molar-refractivity contribution in [2.45, 2.75) is 6.42 Å². The van der Waals surface area contributed by atoms with Gasteiger partial charge in [-0.2, -0.15) is 5.10 Å². The fraction of sp³-hybridized carbons (Fsp3) is 0.200. The average Bonchev–Trinajstić information content (AvgIpc) is 2.26. The van der Waals surface area contributed by atoms with E-state index in [-0.39, 0.29) is 0 Å². The third-order valence-corrected chi connectivity index (χ3v) is 1.78. The Balaban J connectivity index is 2.31. The molecule has 1 aromatic rings. The molecule has 0 saturated carbocycles. The van der Waals surface area contributed by atoms with Crippen LogP contribution in [0.25, 0.3) is 0 Å². The largest absolute Gasteiger partial charge is 0.331 e. The monoisotopic (exact) mass is 222 g/mol. The molecule has 15 heavy (non-hydrogen) atoms. The van der Waals surface area contributed by atoms with Crippen LogP contribution >= 0.6 is 12.2 Å². The van der Waals surface area contributed by atoms with Crippen LogP contribution in [0.4, 0.5) is 5.69 Å². The summed E-state index contributed by atoms with van der Waals surface area (Å²) >= 11 is 5.02. The van der Waals surface area contributed by atoms with Gasteiger partial charge in [-0.1, -0.05) is 18.2 Å². The fourth-order valence-corrected chi connectivity index (χ4v) is 1.09. The van der Waals surface area contributed by atoms with Gasteiger partial charge < -0.3 is 11.1 Å². The van der Waals surface area contributed by atoms with E-state index in [0.29, 0.717) is 11.7 Å². The minimum Gasteiger partial charge on any atom is -0.331 e. The van der Waals surface area contributed by atoms with Crippen molar-refractivity contribution in [1.29, 1.82) is 0 Å². The maximum atomic E-state index is 5.30. The number of rotatable bonds is 4. The number of nitrogens with one attached hydrogen (secondary N) is 2. The lowest BCUT2D eigenvalue weighted by molar-refractivity contribution is 1.00. The van der Waals surface area contributed by atoms with E-state index in [1.807, 2.05) is 30.3 Å². The van der Waals surface area contributed by atoms with Crippen molar-refractivity contribution < 1.29 is 0 Å². The van der Waals surface area contributed by atoms with Gasteiger partial charge in [0, 0.05) is 11.9 Å². The molecular formula is C10H14N4S. The van der Waals surface area contributed by atoms with Crippen LogP contribution in [0.1, 0.15) is 6.42 Å². The zero-order chi connectivity index (χ0) is 10.9. The Hall–Kier alpha value is -1.46. The lowest BCUT2D eigenvalue weighted by Crippen LogP contribution is -2.23. The third-order valence-electron chi connectivity index (χ3n) is 1.58. The van der Waals surface area contributed by atoms with Crippen molar-refractivity contribution in [1.82, 2.24) is 5.43 Å². The topological polar surface area (TPSA) is 62.4 Å². The maximum absolute atomic E-state index is 5.30. The zero-order valence-electron chi connectivity index (χ0n) is 8.31. The predicted molar refractivity (Wildman–Crippen MR) is 68.0 cm³/mol. The number of benzene rings is 1. The number of nitrogens with zero attached hydrogens (tertiary/aromatic N) is 1. The molecule has 0 fully saturated rings. The van der Waals surface area contributed by atoms with Crippen molar-refractivity contribution in [3.05, 3.63) is 30.3 Å². The number of para-hydroxylation sites is 1. The highest BCUT2D eigenvalue weighted by Gasteiger charge is 1.93. The number of thiocarbonyl (C=S) groups is 1. The zero-order valence-corrected chi connectivity index (χ0v) is 9.13. The number of anilines is 1. The molecule has 1 rings (SSSR count). The molecule has 0 aliphatic heterocycles. The molecule has 4 nitrogen and oxygen atoms in total. The molecule has 0 heterocycles. The summed E-state index contributed by atoms with van der Waals surface area (Å²) in [6.45, 7) is 0.587. The molecule has 0 unspecified atom stereocenters. The lowest BCUT2D eigenvalue weighted by Gasteiger charge is -2.05. The van der Waals surface area contributed by atoms with Gasteiger partial charge in [0.05, 0.1) is 0 Å². The van der Waals surface area contributed by atoms with Gasteiger partial charge in [0.1, 0.15) is 0 Å². The van der Waals surface area contributed by atoms with Gasteiger partial charge in [0.25, 0.3) is 0 Å². The first-order valence-electron chi connectivity index (χ1n) is 4.66. The molecule has 0 aromatic heterocycles. The summed E-state index contributed by atoms with van der Waals surface area (Å²) < 4.78 is 0. The Morgan fingerprint density at radius 2 is 2.13 bits per heavy atom. The third kappa shape index (κ3) is 5.09. The maximum Gasteiger partial charge on any atom is 0.191 e. The Kier molecular flexibility index (Phi) is 5.35. The van der Waals surface area contributed by atoms with E-state index in [9.17, 15) is 0 Å².